The van der Waals surface area contributed by atoms with Crippen molar-refractivity contribution in [3.8, 4) is 22.3 Å². The number of nitrogens with zero attached hydrogens (tertiary/aromatic N) is 16. The molecular formula is C75H87BBrN17O7. The number of carbonyl (C=O) groups is 1. The van der Waals surface area contributed by atoms with Gasteiger partial charge in [-0.15, -0.1) is 30.6 Å². The monoisotopic (exact) mass is 1430 g/mol. The average molecular weight is 1430 g/mol. The van der Waals surface area contributed by atoms with Gasteiger partial charge in [-0.05, 0) is 173 Å². The predicted molar refractivity (Wildman–Crippen MR) is 393 cm³/mol. The smallest absolute Gasteiger partial charge is 0.469 e. The molecule has 0 saturated carbocycles. The summed E-state index contributed by atoms with van der Waals surface area (Å²) in [6, 6.07) is 37.4. The summed E-state index contributed by atoms with van der Waals surface area (Å²) in [6.07, 6.45) is 24.2. The first kappa shape index (κ1) is 69.7. The zero-order valence-corrected chi connectivity index (χ0v) is 60.1. The minimum Gasteiger partial charge on any atom is -0.469 e. The van der Waals surface area contributed by atoms with Crippen molar-refractivity contribution in [2.24, 2.45) is 0 Å². The molecule has 9 aromatic heterocycles. The number of hydrogen-bond donors (Lipinski definition) is 1. The maximum Gasteiger partial charge on any atom is 0.494 e. The van der Waals surface area contributed by atoms with Gasteiger partial charge in [0, 0.05) is 151 Å². The van der Waals surface area contributed by atoms with Crippen LogP contribution in [0, 0.1) is 0 Å². The third kappa shape index (κ3) is 17.0. The van der Waals surface area contributed by atoms with E-state index in [1.807, 2.05) is 82.8 Å². The zero-order chi connectivity index (χ0) is 69.9. The molecule has 4 aliphatic heterocycles. The Hall–Kier alpha value is -9.76. The zero-order valence-electron chi connectivity index (χ0n) is 58.5. The van der Waals surface area contributed by atoms with Crippen LogP contribution in [0.25, 0.3) is 39.2 Å². The Labute approximate surface area is 596 Å². The highest BCUT2D eigenvalue weighted by Gasteiger charge is 2.51. The first-order valence-corrected chi connectivity index (χ1v) is 35.6. The largest absolute Gasteiger partial charge is 0.494 e. The molecule has 24 nitrogen and oxygen atoms in total. The van der Waals surface area contributed by atoms with E-state index >= 15 is 0 Å². The fourth-order valence-corrected chi connectivity index (χ4v) is 13.0. The van der Waals surface area contributed by atoms with Crippen molar-refractivity contribution in [3.63, 3.8) is 0 Å². The molecule has 524 valence electrons. The van der Waals surface area contributed by atoms with Crippen molar-refractivity contribution >= 4 is 68.6 Å². The number of aromatic nitrogens is 12. The lowest BCUT2D eigenvalue weighted by Crippen LogP contribution is -2.50. The van der Waals surface area contributed by atoms with E-state index in [-0.39, 0.29) is 24.4 Å². The van der Waals surface area contributed by atoms with Crippen molar-refractivity contribution in [1.82, 2.24) is 69.0 Å². The van der Waals surface area contributed by atoms with Crippen LogP contribution in [0.3, 0.4) is 0 Å². The van der Waals surface area contributed by atoms with Gasteiger partial charge in [-0.3, -0.25) is 13.2 Å². The Balaban J connectivity index is 0.000000122. The summed E-state index contributed by atoms with van der Waals surface area (Å²) in [6.45, 7) is 23.3. The second-order valence-corrected chi connectivity index (χ2v) is 28.4. The van der Waals surface area contributed by atoms with Gasteiger partial charge in [0.15, 0.2) is 16.9 Å². The molecular weight excluding hydrogens is 1340 g/mol. The Morgan fingerprint density at radius 3 is 1.35 bits per heavy atom. The van der Waals surface area contributed by atoms with Gasteiger partial charge in [-0.25, -0.2) is 19.7 Å². The van der Waals surface area contributed by atoms with Gasteiger partial charge in [-0.1, -0.05) is 36.4 Å². The Morgan fingerprint density at radius 1 is 0.505 bits per heavy atom. The summed E-state index contributed by atoms with van der Waals surface area (Å²) in [4.78, 5) is 34.9. The van der Waals surface area contributed by atoms with Crippen LogP contribution >= 0.6 is 15.9 Å². The standard InChI is InChI=1S/C22H23N5O.C21H33BN2O4.C21H22N6O.C11H9BrN4O/c1-2-12-26(13-3-1)18-8-6-17(7-9-18)20-15-23-21(27-16-24-25-22(20)27)11-10-19-5-4-14-28-19;1-19(2,3)26-18(25)24-14-12-23(13-15-24)17-10-8-16(9-11-17)22-27-20(4,5)21(6,7)28-22;1-2-18(28-13-1)7-8-20-23-14-19(21-25-24-15-27(20)21)16-3-5-17(6-4-16)26-11-9-22-10-12-26;12-9-6-13-10(16-7-14-15-11(9)16)4-3-8-2-1-5-17-8/h4-9,14-16H,1-3,10-13H2;8-11H,12-15H2,1-7H3;1-6,13-15,22H,7-12H2;1-2,5-7H,3-4H2. The second-order valence-electron chi connectivity index (χ2n) is 27.5. The molecule has 12 aromatic rings. The Kier molecular flexibility index (Phi) is 21.7. The number of piperidine rings is 1. The van der Waals surface area contributed by atoms with Crippen molar-refractivity contribution in [2.45, 2.75) is 123 Å². The Bertz CT molecular complexity index is 4410. The summed E-state index contributed by atoms with van der Waals surface area (Å²) >= 11 is 3.40. The number of piperazine rings is 2. The van der Waals surface area contributed by atoms with Crippen molar-refractivity contribution < 1.29 is 32.1 Å². The maximum atomic E-state index is 12.2. The number of amides is 1. The lowest BCUT2D eigenvalue weighted by Gasteiger charge is -2.36. The predicted octanol–water partition coefficient (Wildman–Crippen LogP) is 12.0. The first-order valence-electron chi connectivity index (χ1n) is 34.8. The van der Waals surface area contributed by atoms with Crippen molar-refractivity contribution in [1.29, 1.82) is 0 Å². The first-order chi connectivity index (χ1) is 49.0. The molecule has 4 fully saturated rings. The van der Waals surface area contributed by atoms with Crippen molar-refractivity contribution in [3.05, 3.63) is 205 Å². The molecule has 4 saturated heterocycles. The molecule has 3 aromatic carbocycles. The third-order valence-electron chi connectivity index (χ3n) is 19.0. The molecule has 101 heavy (non-hydrogen) atoms. The highest BCUT2D eigenvalue weighted by Crippen LogP contribution is 2.37. The summed E-state index contributed by atoms with van der Waals surface area (Å²) in [5.41, 5.74) is 10.2. The van der Waals surface area contributed by atoms with Crippen LogP contribution in [0.4, 0.5) is 21.9 Å². The molecule has 0 aliphatic carbocycles. The number of hydrogen-bond acceptors (Lipinski definition) is 20. The van der Waals surface area contributed by atoms with E-state index in [1.54, 1.807) is 48.9 Å². The van der Waals surface area contributed by atoms with Crippen LogP contribution < -0.4 is 25.5 Å². The van der Waals surface area contributed by atoms with E-state index in [2.05, 4.69) is 177 Å². The van der Waals surface area contributed by atoms with E-state index in [9.17, 15) is 4.79 Å². The molecule has 26 heteroatoms. The fourth-order valence-electron chi connectivity index (χ4n) is 12.7. The number of benzene rings is 3. The number of anilines is 3. The maximum absolute atomic E-state index is 12.2. The van der Waals surface area contributed by atoms with Gasteiger partial charge in [0.1, 0.15) is 59.3 Å². The van der Waals surface area contributed by atoms with Crippen LogP contribution in [-0.4, -0.2) is 159 Å². The van der Waals surface area contributed by atoms with E-state index in [4.69, 9.17) is 32.3 Å². The topological polar surface area (TPSA) is 238 Å². The van der Waals surface area contributed by atoms with Gasteiger partial charge in [0.2, 0.25) is 0 Å². The van der Waals surface area contributed by atoms with Gasteiger partial charge >= 0.3 is 13.2 Å². The minimum absolute atomic E-state index is 0.233. The molecule has 1 N–H and O–H groups in total. The molecule has 0 unspecified atom stereocenters. The molecule has 0 radical (unpaired) electrons. The van der Waals surface area contributed by atoms with Crippen LogP contribution in [0.5, 0.6) is 0 Å². The number of ether oxygens (including phenoxy) is 1. The normalized spacial score (nSPS) is 16.0. The summed E-state index contributed by atoms with van der Waals surface area (Å²) in [7, 11) is -0.344. The number of furan rings is 3. The number of halogens is 1. The highest BCUT2D eigenvalue weighted by atomic mass is 79.9. The quantitative estimate of drug-likeness (QED) is 0.0939. The van der Waals surface area contributed by atoms with E-state index in [1.165, 1.54) is 30.6 Å². The van der Waals surface area contributed by atoms with E-state index in [0.29, 0.717) is 13.1 Å². The fraction of sp³-hybridized carbons (Fsp3) is 0.387. The molecule has 13 heterocycles. The number of fused-ring (bicyclic) bond motifs is 3. The van der Waals surface area contributed by atoms with E-state index in [0.717, 1.165) is 180 Å². The van der Waals surface area contributed by atoms with E-state index < -0.39 is 5.60 Å². The van der Waals surface area contributed by atoms with Gasteiger partial charge in [0.25, 0.3) is 0 Å². The lowest BCUT2D eigenvalue weighted by molar-refractivity contribution is 0.00578. The van der Waals surface area contributed by atoms with Gasteiger partial charge in [0.05, 0.1) is 34.5 Å². The van der Waals surface area contributed by atoms with Gasteiger partial charge in [-0.2, -0.15) is 0 Å². The van der Waals surface area contributed by atoms with Crippen LogP contribution in [0.2, 0.25) is 0 Å². The number of nitrogens with one attached hydrogen (secondary N) is 1. The molecule has 1 amide bonds. The lowest BCUT2D eigenvalue weighted by atomic mass is 9.79. The highest BCUT2D eigenvalue weighted by molar-refractivity contribution is 9.10. The van der Waals surface area contributed by atoms with Gasteiger partial charge < -0.3 is 52.2 Å². The molecule has 0 bridgehead atoms. The van der Waals surface area contributed by atoms with Crippen molar-refractivity contribution in [2.75, 3.05) is 80.1 Å². The molecule has 4 aliphatic rings. The number of aryl methyl sites for hydroxylation is 6. The van der Waals surface area contributed by atoms with Crippen LogP contribution in [0.15, 0.2) is 183 Å². The minimum atomic E-state index is -0.461. The van der Waals surface area contributed by atoms with Crippen LogP contribution in [0.1, 0.15) is 102 Å². The number of rotatable bonds is 15. The molecule has 0 spiro atoms. The Morgan fingerprint density at radius 2 is 0.911 bits per heavy atom. The molecule has 16 rings (SSSR count). The second kappa shape index (κ2) is 31.4. The average Bonchev–Trinajstić information content (AvgIpc) is 1.65. The summed E-state index contributed by atoms with van der Waals surface area (Å²) in [5, 5.41) is 28.2. The van der Waals surface area contributed by atoms with Crippen LogP contribution in [-0.2, 0) is 52.6 Å². The number of carbonyl (C=O) groups excluding carboxylic acids is 1. The summed E-state index contributed by atoms with van der Waals surface area (Å²) < 4.78 is 40.5. The summed E-state index contributed by atoms with van der Waals surface area (Å²) in [5.74, 6) is 5.65. The molecule has 0 atom stereocenters. The SMILES string of the molecule is Brc1cnc(CCc2ccco2)n2cnnc12.CC(C)(C)OC(=O)N1CCN(c2ccc(B3OC(C)(C)C(C)(C)O3)cc2)CC1.c1coc(CCc2ncc(-c3ccc(N4CCCCC4)cc3)c3nncn23)c1.c1coc(CCc2ncc(-c3ccc(N4CCNCC4)cc3)c3nncn23)c1. The third-order valence-corrected chi connectivity index (χ3v) is 19.5.